The van der Waals surface area contributed by atoms with Crippen LogP contribution in [0.1, 0.15) is 65.0 Å². The van der Waals surface area contributed by atoms with Crippen LogP contribution in [-0.2, 0) is 12.0 Å². The van der Waals surface area contributed by atoms with E-state index < -0.39 is 17.7 Å². The van der Waals surface area contributed by atoms with Gasteiger partial charge in [0.25, 0.3) is 11.8 Å². The van der Waals surface area contributed by atoms with E-state index in [2.05, 4.69) is 34.7 Å². The highest BCUT2D eigenvalue weighted by Gasteiger charge is 2.27. The molecule has 1 aliphatic heterocycles. The molecule has 0 spiro atoms. The molecule has 1 saturated heterocycles. The van der Waals surface area contributed by atoms with Crippen LogP contribution in [0.15, 0.2) is 72.8 Å². The van der Waals surface area contributed by atoms with Crippen molar-refractivity contribution >= 4 is 17.5 Å². The van der Waals surface area contributed by atoms with Crippen LogP contribution < -0.4 is 25.6 Å². The molecule has 1 aliphatic rings. The molecule has 1 fully saturated rings. The van der Waals surface area contributed by atoms with Crippen molar-refractivity contribution in [1.29, 1.82) is 0 Å². The van der Waals surface area contributed by atoms with Gasteiger partial charge in [-0.15, -0.1) is 0 Å². The summed E-state index contributed by atoms with van der Waals surface area (Å²) < 4.78 is 5.41. The maximum Gasteiger partial charge on any atom is 0.251 e. The Bertz CT molecular complexity index is 1420. The van der Waals surface area contributed by atoms with Gasteiger partial charge in [-0.2, -0.15) is 0 Å². The maximum atomic E-state index is 13.9. The third-order valence-corrected chi connectivity index (χ3v) is 8.63. The largest absolute Gasteiger partial charge is 0.497 e. The highest BCUT2D eigenvalue weighted by Crippen LogP contribution is 2.25. The first-order valence-electron chi connectivity index (χ1n) is 16.3. The molecule has 248 valence electrons. The van der Waals surface area contributed by atoms with Crippen molar-refractivity contribution in [2.75, 3.05) is 58.8 Å². The van der Waals surface area contributed by atoms with Crippen LogP contribution in [0, 0.1) is 0 Å². The monoisotopic (exact) mass is 629 g/mol. The van der Waals surface area contributed by atoms with E-state index in [1.807, 2.05) is 85.7 Å². The number of methoxy groups -OCH3 is 1. The summed E-state index contributed by atoms with van der Waals surface area (Å²) in [6, 6.07) is 22.5. The summed E-state index contributed by atoms with van der Waals surface area (Å²) in [5, 5.41) is 21.1. The molecular formula is C37H51N5O4. The fourth-order valence-corrected chi connectivity index (χ4v) is 5.72. The highest BCUT2D eigenvalue weighted by atomic mass is 16.5. The number of anilines is 1. The summed E-state index contributed by atoms with van der Waals surface area (Å²) in [6.45, 7) is 7.34. The zero-order valence-electron chi connectivity index (χ0n) is 28.0. The van der Waals surface area contributed by atoms with E-state index >= 15 is 0 Å². The molecule has 1 heterocycles. The normalized spacial score (nSPS) is 14.9. The Morgan fingerprint density at radius 1 is 0.935 bits per heavy atom. The van der Waals surface area contributed by atoms with Gasteiger partial charge in [0.1, 0.15) is 5.75 Å². The zero-order chi connectivity index (χ0) is 33.1. The number of hydrogen-bond donors (Lipinski definition) is 4. The molecule has 4 N–H and O–H groups in total. The first-order chi connectivity index (χ1) is 22.1. The lowest BCUT2D eigenvalue weighted by Gasteiger charge is -2.32. The third-order valence-electron chi connectivity index (χ3n) is 8.63. The smallest absolute Gasteiger partial charge is 0.251 e. The van der Waals surface area contributed by atoms with Crippen LogP contribution in [0.5, 0.6) is 5.75 Å². The van der Waals surface area contributed by atoms with Gasteiger partial charge < -0.3 is 35.6 Å². The first kappa shape index (κ1) is 34.9. The van der Waals surface area contributed by atoms with Gasteiger partial charge in [0.05, 0.1) is 19.3 Å². The molecule has 0 radical (unpaired) electrons. The van der Waals surface area contributed by atoms with E-state index in [9.17, 15) is 14.7 Å². The number of hydrogen-bond acceptors (Lipinski definition) is 7. The van der Waals surface area contributed by atoms with Gasteiger partial charge in [-0.25, -0.2) is 0 Å². The van der Waals surface area contributed by atoms with Crippen molar-refractivity contribution in [3.8, 4) is 5.75 Å². The third kappa shape index (κ3) is 10.0. The molecule has 0 bridgehead atoms. The summed E-state index contributed by atoms with van der Waals surface area (Å²) in [4.78, 5) is 31.4. The molecule has 0 saturated carbocycles. The number of ether oxygens (including phenoxy) is 1. The standard InChI is InChI=1S/C37H51N5O4/c1-37(2,30-15-12-16-32(25-30)46-5)39-26-34(43)33(21-27-13-8-6-9-14-27)40-36(45)29-22-28(35(44)38-17-20-41(3)4)23-31(24-29)42-18-10-7-11-19-42/h6,8-9,12-16,22-25,33-34,39,43H,7,10-11,17-21,26H2,1-5H3,(H,38,44)(H,40,45)/t33-,34+/m0/s1. The number of benzene rings is 3. The number of amides is 2. The fourth-order valence-electron chi connectivity index (χ4n) is 5.72. The molecule has 46 heavy (non-hydrogen) atoms. The van der Waals surface area contributed by atoms with Gasteiger partial charge in [0, 0.05) is 55.1 Å². The first-order valence-corrected chi connectivity index (χ1v) is 16.3. The second kappa shape index (κ2) is 16.6. The summed E-state index contributed by atoms with van der Waals surface area (Å²) in [5.41, 5.74) is 3.28. The van der Waals surface area contributed by atoms with Gasteiger partial charge in [-0.05, 0) is 95.1 Å². The second-order valence-electron chi connectivity index (χ2n) is 13.0. The lowest BCUT2D eigenvalue weighted by atomic mass is 9.93. The van der Waals surface area contributed by atoms with E-state index in [1.54, 1.807) is 13.2 Å². The molecular weight excluding hydrogens is 578 g/mol. The Kier molecular flexibility index (Phi) is 12.6. The SMILES string of the molecule is COc1cccc(C(C)(C)NC[C@@H](O)[C@H](Cc2ccccc2)NC(=O)c2cc(C(=O)NCCN(C)C)cc(N3CCCCC3)c2)c1. The van der Waals surface area contributed by atoms with Crippen LogP contribution in [0.25, 0.3) is 0 Å². The molecule has 0 aromatic heterocycles. The minimum absolute atomic E-state index is 0.209. The number of carbonyl (C=O) groups excluding carboxylic acids is 2. The minimum atomic E-state index is -0.895. The Balaban J connectivity index is 1.56. The summed E-state index contributed by atoms with van der Waals surface area (Å²) in [7, 11) is 5.56. The number of aliphatic hydroxyl groups is 1. The predicted octanol–water partition coefficient (Wildman–Crippen LogP) is 4.20. The van der Waals surface area contributed by atoms with Crippen molar-refractivity contribution in [3.05, 3.63) is 95.1 Å². The molecule has 4 rings (SSSR count). The molecule has 9 heteroatoms. The topological polar surface area (TPSA) is 106 Å². The number of aliphatic hydroxyl groups excluding tert-OH is 1. The molecule has 9 nitrogen and oxygen atoms in total. The van der Waals surface area contributed by atoms with Crippen LogP contribution in [-0.4, -0.2) is 87.9 Å². The van der Waals surface area contributed by atoms with Crippen LogP contribution in [0.3, 0.4) is 0 Å². The van der Waals surface area contributed by atoms with Crippen LogP contribution in [0.4, 0.5) is 5.69 Å². The average Bonchev–Trinajstić information content (AvgIpc) is 3.07. The summed E-state index contributed by atoms with van der Waals surface area (Å²) >= 11 is 0. The van der Waals surface area contributed by atoms with Crippen LogP contribution >= 0.6 is 0 Å². The summed E-state index contributed by atoms with van der Waals surface area (Å²) in [5.74, 6) is 0.229. The maximum absolute atomic E-state index is 13.9. The van der Waals surface area contributed by atoms with E-state index in [4.69, 9.17) is 4.74 Å². The zero-order valence-corrected chi connectivity index (χ0v) is 28.0. The van der Waals surface area contributed by atoms with Gasteiger partial charge >= 0.3 is 0 Å². The quantitative estimate of drug-likeness (QED) is 0.200. The highest BCUT2D eigenvalue weighted by molar-refractivity contribution is 6.01. The Morgan fingerprint density at radius 3 is 2.30 bits per heavy atom. The van der Waals surface area contributed by atoms with E-state index in [0.29, 0.717) is 30.6 Å². The van der Waals surface area contributed by atoms with Gasteiger partial charge in [0.2, 0.25) is 0 Å². The minimum Gasteiger partial charge on any atom is -0.497 e. The molecule has 0 aliphatic carbocycles. The lowest BCUT2D eigenvalue weighted by Crippen LogP contribution is -2.51. The molecule has 0 unspecified atom stereocenters. The molecule has 2 amide bonds. The Hall–Kier alpha value is -3.92. The number of carbonyl (C=O) groups is 2. The molecule has 3 aromatic rings. The van der Waals surface area contributed by atoms with Gasteiger partial charge in [-0.3, -0.25) is 9.59 Å². The predicted molar refractivity (Wildman–Crippen MR) is 185 cm³/mol. The van der Waals surface area contributed by atoms with Crippen molar-refractivity contribution in [2.24, 2.45) is 0 Å². The fraction of sp³-hybridized carbons (Fsp3) is 0.459. The number of piperidine rings is 1. The second-order valence-corrected chi connectivity index (χ2v) is 13.0. The Labute approximate surface area is 274 Å². The number of rotatable bonds is 15. The van der Waals surface area contributed by atoms with Gasteiger partial charge in [0.15, 0.2) is 0 Å². The molecule has 2 atom stereocenters. The van der Waals surface area contributed by atoms with Crippen molar-refractivity contribution in [3.63, 3.8) is 0 Å². The number of nitrogens with one attached hydrogen (secondary N) is 3. The van der Waals surface area contributed by atoms with E-state index in [0.717, 1.165) is 48.5 Å². The van der Waals surface area contributed by atoms with Crippen molar-refractivity contribution in [2.45, 2.75) is 57.2 Å². The summed E-state index contributed by atoms with van der Waals surface area (Å²) in [6.07, 6.45) is 2.87. The Morgan fingerprint density at radius 2 is 1.63 bits per heavy atom. The molecule has 3 aromatic carbocycles. The van der Waals surface area contributed by atoms with E-state index in [-0.39, 0.29) is 18.4 Å². The van der Waals surface area contributed by atoms with Crippen molar-refractivity contribution < 1.29 is 19.4 Å². The lowest BCUT2D eigenvalue weighted by molar-refractivity contribution is 0.0813. The van der Waals surface area contributed by atoms with E-state index in [1.165, 1.54) is 6.42 Å². The average molecular weight is 630 g/mol. The van der Waals surface area contributed by atoms with Gasteiger partial charge in [-0.1, -0.05) is 42.5 Å². The number of likely N-dealkylation sites (N-methyl/N-ethyl adjacent to an activating group) is 1. The number of nitrogens with zero attached hydrogens (tertiary/aromatic N) is 2. The van der Waals surface area contributed by atoms with Crippen LogP contribution in [0.2, 0.25) is 0 Å². The van der Waals surface area contributed by atoms with Crippen molar-refractivity contribution in [1.82, 2.24) is 20.9 Å².